The van der Waals surface area contributed by atoms with Crippen molar-refractivity contribution in [2.24, 2.45) is 0 Å². The zero-order valence-electron chi connectivity index (χ0n) is 18.6. The summed E-state index contributed by atoms with van der Waals surface area (Å²) < 4.78 is 28.1. The lowest BCUT2D eigenvalue weighted by Gasteiger charge is -2.21. The average Bonchev–Trinajstić information content (AvgIpc) is 2.83. The van der Waals surface area contributed by atoms with Crippen molar-refractivity contribution < 1.29 is 8.42 Å². The van der Waals surface area contributed by atoms with Crippen molar-refractivity contribution in [3.05, 3.63) is 102 Å². The van der Waals surface area contributed by atoms with Crippen molar-refractivity contribution in [1.29, 1.82) is 0 Å². The van der Waals surface area contributed by atoms with Crippen molar-refractivity contribution in [3.8, 4) is 11.3 Å². The average molecular weight is 459 g/mol. The molecule has 0 fully saturated rings. The highest BCUT2D eigenvalue weighted by Crippen LogP contribution is 2.24. The number of hydrogen-bond acceptors (Lipinski definition) is 5. The van der Waals surface area contributed by atoms with E-state index in [2.05, 4.69) is 38.9 Å². The van der Waals surface area contributed by atoms with Crippen LogP contribution in [0.2, 0.25) is 0 Å². The number of nitrogens with one attached hydrogen (secondary N) is 1. The molecule has 4 aromatic rings. The molecule has 6 nitrogen and oxygen atoms in total. The van der Waals surface area contributed by atoms with Gasteiger partial charge in [0.25, 0.3) is 10.0 Å². The predicted molar refractivity (Wildman–Crippen MR) is 133 cm³/mol. The van der Waals surface area contributed by atoms with Crippen LogP contribution in [-0.4, -0.2) is 25.2 Å². The van der Waals surface area contributed by atoms with Gasteiger partial charge in [0, 0.05) is 24.3 Å². The van der Waals surface area contributed by atoms with Gasteiger partial charge in [-0.2, -0.15) is 0 Å². The van der Waals surface area contributed by atoms with E-state index in [-0.39, 0.29) is 4.90 Å². The number of sulfonamides is 1. The fraction of sp³-hybridized carbons (Fsp3) is 0.154. The van der Waals surface area contributed by atoms with E-state index in [0.29, 0.717) is 11.4 Å². The second-order valence-corrected chi connectivity index (χ2v) is 9.46. The summed E-state index contributed by atoms with van der Waals surface area (Å²) in [6.07, 6.45) is 0. The van der Waals surface area contributed by atoms with E-state index < -0.39 is 10.0 Å². The van der Waals surface area contributed by atoms with Crippen LogP contribution in [0.4, 0.5) is 11.5 Å². The van der Waals surface area contributed by atoms with Gasteiger partial charge < -0.3 is 4.90 Å². The van der Waals surface area contributed by atoms with Gasteiger partial charge in [-0.25, -0.2) is 8.42 Å². The summed E-state index contributed by atoms with van der Waals surface area (Å²) in [5.41, 5.74) is 4.13. The number of rotatable bonds is 8. The van der Waals surface area contributed by atoms with Gasteiger partial charge in [0.2, 0.25) is 0 Å². The zero-order chi connectivity index (χ0) is 23.3. The SMILES string of the molecule is CCN(Cc1ccccc1)c1ccc(-c2cccc(NS(=O)(=O)c3ccc(C)cc3)c2)nn1. The lowest BCUT2D eigenvalue weighted by atomic mass is 10.1. The first-order chi connectivity index (χ1) is 15.9. The Morgan fingerprint density at radius 2 is 1.61 bits per heavy atom. The lowest BCUT2D eigenvalue weighted by Crippen LogP contribution is -2.23. The van der Waals surface area contributed by atoms with Crippen LogP contribution in [0.5, 0.6) is 0 Å². The Bertz CT molecular complexity index is 1310. The maximum Gasteiger partial charge on any atom is 0.261 e. The third kappa shape index (κ3) is 5.56. The van der Waals surface area contributed by atoms with Crippen LogP contribution in [0.25, 0.3) is 11.3 Å². The summed E-state index contributed by atoms with van der Waals surface area (Å²) in [7, 11) is -3.67. The molecule has 1 N–H and O–H groups in total. The molecule has 7 heteroatoms. The molecule has 0 spiro atoms. The number of nitrogens with zero attached hydrogens (tertiary/aromatic N) is 3. The molecule has 1 aromatic heterocycles. The highest BCUT2D eigenvalue weighted by molar-refractivity contribution is 7.92. The van der Waals surface area contributed by atoms with Crippen molar-refractivity contribution >= 4 is 21.5 Å². The number of anilines is 2. The van der Waals surface area contributed by atoms with E-state index in [1.54, 1.807) is 42.5 Å². The summed E-state index contributed by atoms with van der Waals surface area (Å²) in [6, 6.07) is 28.0. The maximum absolute atomic E-state index is 12.7. The topological polar surface area (TPSA) is 75.2 Å². The molecule has 0 aliphatic heterocycles. The van der Waals surface area contributed by atoms with Crippen LogP contribution in [0.15, 0.2) is 95.9 Å². The first kappa shape index (κ1) is 22.5. The minimum Gasteiger partial charge on any atom is -0.351 e. The van der Waals surface area contributed by atoms with Crippen LogP contribution in [0.1, 0.15) is 18.1 Å². The summed E-state index contributed by atoms with van der Waals surface area (Å²) in [5, 5.41) is 8.82. The molecular formula is C26H26N4O2S. The van der Waals surface area contributed by atoms with Crippen molar-refractivity contribution in [1.82, 2.24) is 10.2 Å². The second-order valence-electron chi connectivity index (χ2n) is 7.78. The number of hydrogen-bond donors (Lipinski definition) is 1. The van der Waals surface area contributed by atoms with E-state index in [9.17, 15) is 8.42 Å². The zero-order valence-corrected chi connectivity index (χ0v) is 19.5. The first-order valence-electron chi connectivity index (χ1n) is 10.8. The van der Waals surface area contributed by atoms with Crippen LogP contribution in [0, 0.1) is 6.92 Å². The van der Waals surface area contributed by atoms with E-state index in [1.807, 2.05) is 43.3 Å². The normalized spacial score (nSPS) is 11.2. The Morgan fingerprint density at radius 1 is 0.848 bits per heavy atom. The molecule has 0 aliphatic carbocycles. The van der Waals surface area contributed by atoms with Crippen molar-refractivity contribution in [3.63, 3.8) is 0 Å². The Labute approximate surface area is 195 Å². The molecule has 168 valence electrons. The minimum absolute atomic E-state index is 0.223. The molecule has 0 aliphatic rings. The van der Waals surface area contributed by atoms with Gasteiger partial charge in [-0.3, -0.25) is 4.72 Å². The highest BCUT2D eigenvalue weighted by atomic mass is 32.2. The second kappa shape index (κ2) is 9.83. The summed E-state index contributed by atoms with van der Waals surface area (Å²) >= 11 is 0. The van der Waals surface area contributed by atoms with Gasteiger partial charge in [-0.15, -0.1) is 10.2 Å². The van der Waals surface area contributed by atoms with E-state index in [1.165, 1.54) is 5.56 Å². The molecule has 0 saturated heterocycles. The third-order valence-electron chi connectivity index (χ3n) is 5.31. The Hall–Kier alpha value is -3.71. The molecule has 0 amide bonds. The van der Waals surface area contributed by atoms with E-state index in [4.69, 9.17) is 0 Å². The summed E-state index contributed by atoms with van der Waals surface area (Å²) in [5.74, 6) is 0.793. The lowest BCUT2D eigenvalue weighted by molar-refractivity contribution is 0.601. The van der Waals surface area contributed by atoms with Gasteiger partial charge in [0.1, 0.15) is 0 Å². The monoisotopic (exact) mass is 458 g/mol. The minimum atomic E-state index is -3.67. The number of benzene rings is 3. The van der Waals surface area contributed by atoms with Gasteiger partial charge in [0.15, 0.2) is 5.82 Å². The molecule has 1 heterocycles. The van der Waals surface area contributed by atoms with Crippen LogP contribution in [0.3, 0.4) is 0 Å². The smallest absolute Gasteiger partial charge is 0.261 e. The summed E-state index contributed by atoms with van der Waals surface area (Å²) in [4.78, 5) is 2.37. The van der Waals surface area contributed by atoms with Crippen molar-refractivity contribution in [2.45, 2.75) is 25.3 Å². The van der Waals surface area contributed by atoms with E-state index in [0.717, 1.165) is 30.0 Å². The molecule has 33 heavy (non-hydrogen) atoms. The Morgan fingerprint density at radius 3 is 2.27 bits per heavy atom. The quantitative estimate of drug-likeness (QED) is 0.389. The molecule has 0 bridgehead atoms. The van der Waals surface area contributed by atoms with Gasteiger partial charge in [-0.05, 0) is 55.8 Å². The molecule has 4 rings (SSSR count). The highest BCUT2D eigenvalue weighted by Gasteiger charge is 2.15. The first-order valence-corrected chi connectivity index (χ1v) is 12.3. The van der Waals surface area contributed by atoms with Gasteiger partial charge >= 0.3 is 0 Å². The number of aryl methyl sites for hydroxylation is 1. The van der Waals surface area contributed by atoms with Crippen LogP contribution < -0.4 is 9.62 Å². The van der Waals surface area contributed by atoms with Crippen LogP contribution >= 0.6 is 0 Å². The molecule has 0 radical (unpaired) electrons. The molecule has 0 unspecified atom stereocenters. The molecule has 0 saturated carbocycles. The standard InChI is InChI=1S/C26H26N4O2S/c1-3-30(19-21-8-5-4-6-9-21)26-17-16-25(27-28-26)22-10-7-11-23(18-22)29-33(31,32)24-14-12-20(2)13-15-24/h4-18,29H,3,19H2,1-2H3. The predicted octanol–water partition coefficient (Wildman–Crippen LogP) is 5.28. The molecule has 3 aromatic carbocycles. The number of aromatic nitrogens is 2. The Balaban J connectivity index is 1.51. The maximum atomic E-state index is 12.7. The van der Waals surface area contributed by atoms with Crippen LogP contribution in [-0.2, 0) is 16.6 Å². The third-order valence-corrected chi connectivity index (χ3v) is 6.71. The Kier molecular flexibility index (Phi) is 6.70. The van der Waals surface area contributed by atoms with Crippen molar-refractivity contribution in [2.75, 3.05) is 16.2 Å². The largest absolute Gasteiger partial charge is 0.351 e. The molecule has 0 atom stereocenters. The summed E-state index contributed by atoms with van der Waals surface area (Å²) in [6.45, 7) is 5.56. The van der Waals surface area contributed by atoms with Gasteiger partial charge in [0.05, 0.1) is 10.6 Å². The van der Waals surface area contributed by atoms with Gasteiger partial charge in [-0.1, -0.05) is 60.2 Å². The molecular weight excluding hydrogens is 432 g/mol. The van der Waals surface area contributed by atoms with E-state index >= 15 is 0 Å². The fourth-order valence-electron chi connectivity index (χ4n) is 3.48. The fourth-order valence-corrected chi connectivity index (χ4v) is 4.53.